The van der Waals surface area contributed by atoms with Crippen molar-refractivity contribution in [2.24, 2.45) is 5.92 Å². The van der Waals surface area contributed by atoms with E-state index >= 15 is 0 Å². The first-order valence-corrected chi connectivity index (χ1v) is 10.1. The second-order valence-corrected chi connectivity index (χ2v) is 8.18. The molecule has 3 heterocycles. The molecule has 1 saturated heterocycles. The van der Waals surface area contributed by atoms with Crippen molar-refractivity contribution in [1.29, 1.82) is 0 Å². The summed E-state index contributed by atoms with van der Waals surface area (Å²) in [6.45, 7) is 4.27. The van der Waals surface area contributed by atoms with E-state index in [1.165, 1.54) is 12.0 Å². The van der Waals surface area contributed by atoms with Gasteiger partial charge in [0.25, 0.3) is 0 Å². The van der Waals surface area contributed by atoms with E-state index in [4.69, 9.17) is 23.2 Å². The van der Waals surface area contributed by atoms with E-state index in [2.05, 4.69) is 45.9 Å². The highest BCUT2D eigenvalue weighted by molar-refractivity contribution is 6.30. The molecule has 2 aliphatic rings. The molecule has 0 amide bonds. The summed E-state index contributed by atoms with van der Waals surface area (Å²) in [5, 5.41) is 1.39. The predicted octanol–water partition coefficient (Wildman–Crippen LogP) is 5.14. The maximum absolute atomic E-state index is 6.57. The molecule has 0 aliphatic carbocycles. The van der Waals surface area contributed by atoms with Gasteiger partial charge in [-0.2, -0.15) is 0 Å². The first-order valence-electron chi connectivity index (χ1n) is 9.33. The van der Waals surface area contributed by atoms with Crippen LogP contribution in [0.4, 0.5) is 5.82 Å². The van der Waals surface area contributed by atoms with Gasteiger partial charge >= 0.3 is 0 Å². The van der Waals surface area contributed by atoms with E-state index in [0.29, 0.717) is 17.1 Å². The Morgan fingerprint density at radius 3 is 2.85 bits per heavy atom. The van der Waals surface area contributed by atoms with Gasteiger partial charge in [0, 0.05) is 36.3 Å². The molecule has 0 saturated carbocycles. The Morgan fingerprint density at radius 2 is 2.08 bits per heavy atom. The van der Waals surface area contributed by atoms with Crippen molar-refractivity contribution in [2.75, 3.05) is 25.0 Å². The van der Waals surface area contributed by atoms with Crippen molar-refractivity contribution >= 4 is 29.0 Å². The molecule has 0 spiro atoms. The van der Waals surface area contributed by atoms with Crippen LogP contribution in [-0.2, 0) is 0 Å². The lowest BCUT2D eigenvalue weighted by molar-refractivity contribution is 0.175. The average Bonchev–Trinajstić information content (AvgIpc) is 2.98. The van der Waals surface area contributed by atoms with E-state index < -0.39 is 0 Å². The summed E-state index contributed by atoms with van der Waals surface area (Å²) in [6.07, 6.45) is 5.00. The second kappa shape index (κ2) is 7.34. The van der Waals surface area contributed by atoms with Gasteiger partial charge in [-0.25, -0.2) is 9.97 Å². The van der Waals surface area contributed by atoms with Crippen LogP contribution in [-0.4, -0.2) is 35.0 Å². The highest BCUT2D eigenvalue weighted by Gasteiger charge is 2.47. The van der Waals surface area contributed by atoms with Crippen LogP contribution in [0.2, 0.25) is 10.2 Å². The molecule has 1 aromatic heterocycles. The molecule has 6 heteroatoms. The Labute approximate surface area is 165 Å². The fourth-order valence-electron chi connectivity index (χ4n) is 4.63. The molecular weight excluding hydrogens is 367 g/mol. The number of hydrogen-bond donors (Lipinski definition) is 0. The van der Waals surface area contributed by atoms with Crippen molar-refractivity contribution in [3.8, 4) is 0 Å². The van der Waals surface area contributed by atoms with Crippen LogP contribution in [0.25, 0.3) is 0 Å². The summed E-state index contributed by atoms with van der Waals surface area (Å²) in [5.41, 5.74) is 2.38. The van der Waals surface area contributed by atoms with E-state index in [0.717, 1.165) is 42.3 Å². The number of halogens is 2. The zero-order valence-corrected chi connectivity index (χ0v) is 16.7. The molecule has 4 rings (SSSR count). The summed E-state index contributed by atoms with van der Waals surface area (Å²) >= 11 is 12.9. The van der Waals surface area contributed by atoms with Crippen LogP contribution < -0.4 is 4.90 Å². The van der Waals surface area contributed by atoms with E-state index in [1.54, 1.807) is 6.33 Å². The fraction of sp³-hybridized carbons (Fsp3) is 0.500. The Morgan fingerprint density at radius 1 is 1.23 bits per heavy atom. The lowest BCUT2D eigenvalue weighted by Gasteiger charge is -2.39. The minimum atomic E-state index is 0.269. The van der Waals surface area contributed by atoms with Gasteiger partial charge in [0.15, 0.2) is 0 Å². The molecule has 1 aromatic carbocycles. The number of benzene rings is 1. The monoisotopic (exact) mass is 390 g/mol. The van der Waals surface area contributed by atoms with Gasteiger partial charge in [-0.05, 0) is 43.0 Å². The number of likely N-dealkylation sites (tertiary alicyclic amines) is 1. The molecular formula is C20H24Cl2N4. The SMILES string of the molecule is CCCCN1[C@@H](c2cccc(Cl)c2)C[C@@H]2CN(C)c3ncnc(Cl)c3[C@@H]21. The number of unbranched alkanes of at least 4 members (excludes halogenated alkanes) is 1. The molecule has 2 aliphatic heterocycles. The zero-order valence-electron chi connectivity index (χ0n) is 15.2. The Hall–Kier alpha value is -1.36. The minimum Gasteiger partial charge on any atom is -0.359 e. The van der Waals surface area contributed by atoms with Crippen molar-refractivity contribution in [3.05, 3.63) is 51.9 Å². The van der Waals surface area contributed by atoms with Crippen LogP contribution in [0.1, 0.15) is 49.4 Å². The molecule has 1 fully saturated rings. The molecule has 4 nitrogen and oxygen atoms in total. The summed E-state index contributed by atoms with van der Waals surface area (Å²) < 4.78 is 0. The number of fused-ring (bicyclic) bond motifs is 3. The lowest BCUT2D eigenvalue weighted by atomic mass is 9.89. The largest absolute Gasteiger partial charge is 0.359 e. The van der Waals surface area contributed by atoms with Gasteiger partial charge in [-0.1, -0.05) is 48.7 Å². The molecule has 2 aromatic rings. The predicted molar refractivity (Wildman–Crippen MR) is 107 cm³/mol. The smallest absolute Gasteiger partial charge is 0.139 e. The summed E-state index contributed by atoms with van der Waals surface area (Å²) in [7, 11) is 2.10. The molecule has 0 unspecified atom stereocenters. The van der Waals surface area contributed by atoms with Gasteiger partial charge in [0.2, 0.25) is 0 Å². The standard InChI is InChI=1S/C20H24Cl2N4/c1-3-4-8-26-16(13-6-5-7-15(21)9-13)10-14-11-25(2)20-17(18(14)26)19(22)23-12-24-20/h5-7,9,12,14,16,18H,3-4,8,10-11H2,1-2H3/t14-,16-,18-/m1/s1. The van der Waals surface area contributed by atoms with Gasteiger partial charge < -0.3 is 4.90 Å². The van der Waals surface area contributed by atoms with Crippen molar-refractivity contribution in [2.45, 2.75) is 38.3 Å². The summed E-state index contributed by atoms with van der Waals surface area (Å²) in [4.78, 5) is 13.7. The number of aromatic nitrogens is 2. The molecule has 3 atom stereocenters. The van der Waals surface area contributed by atoms with Gasteiger partial charge in [0.1, 0.15) is 17.3 Å². The molecule has 138 valence electrons. The molecule has 0 bridgehead atoms. The van der Waals surface area contributed by atoms with Crippen molar-refractivity contribution in [1.82, 2.24) is 14.9 Å². The Kier molecular flexibility index (Phi) is 5.09. The number of rotatable bonds is 4. The maximum atomic E-state index is 6.57. The van der Waals surface area contributed by atoms with Crippen LogP contribution in [0, 0.1) is 5.92 Å². The number of hydrogen-bond acceptors (Lipinski definition) is 4. The molecule has 0 N–H and O–H groups in total. The normalized spacial score (nSPS) is 25.2. The van der Waals surface area contributed by atoms with Crippen LogP contribution in [0.3, 0.4) is 0 Å². The third kappa shape index (κ3) is 3.08. The highest BCUT2D eigenvalue weighted by atomic mass is 35.5. The maximum Gasteiger partial charge on any atom is 0.139 e. The third-order valence-electron chi connectivity index (χ3n) is 5.71. The summed E-state index contributed by atoms with van der Waals surface area (Å²) in [6, 6.07) is 8.92. The Bertz CT molecular complexity index is 797. The number of nitrogens with zero attached hydrogens (tertiary/aromatic N) is 4. The topological polar surface area (TPSA) is 32.3 Å². The summed E-state index contributed by atoms with van der Waals surface area (Å²) in [5.74, 6) is 1.48. The zero-order chi connectivity index (χ0) is 18.3. The first-order chi connectivity index (χ1) is 12.6. The van der Waals surface area contributed by atoms with E-state index in [-0.39, 0.29) is 6.04 Å². The highest BCUT2D eigenvalue weighted by Crippen LogP contribution is 2.53. The van der Waals surface area contributed by atoms with Crippen LogP contribution >= 0.6 is 23.2 Å². The number of anilines is 1. The van der Waals surface area contributed by atoms with Gasteiger partial charge in [-0.3, -0.25) is 4.90 Å². The first kappa shape index (κ1) is 18.0. The average molecular weight is 391 g/mol. The van der Waals surface area contributed by atoms with E-state index in [1.807, 2.05) is 12.1 Å². The Balaban J connectivity index is 1.78. The fourth-order valence-corrected chi connectivity index (χ4v) is 5.07. The third-order valence-corrected chi connectivity index (χ3v) is 6.25. The van der Waals surface area contributed by atoms with Crippen LogP contribution in [0.15, 0.2) is 30.6 Å². The van der Waals surface area contributed by atoms with Gasteiger partial charge in [0.05, 0.1) is 0 Å². The molecule has 0 radical (unpaired) electrons. The minimum absolute atomic E-state index is 0.269. The van der Waals surface area contributed by atoms with E-state index in [9.17, 15) is 0 Å². The second-order valence-electron chi connectivity index (χ2n) is 7.39. The molecule has 26 heavy (non-hydrogen) atoms. The van der Waals surface area contributed by atoms with Crippen molar-refractivity contribution in [3.63, 3.8) is 0 Å². The lowest BCUT2D eigenvalue weighted by Crippen LogP contribution is -2.39. The van der Waals surface area contributed by atoms with Gasteiger partial charge in [-0.15, -0.1) is 0 Å². The van der Waals surface area contributed by atoms with Crippen LogP contribution in [0.5, 0.6) is 0 Å². The van der Waals surface area contributed by atoms with Crippen molar-refractivity contribution < 1.29 is 0 Å². The quantitative estimate of drug-likeness (QED) is 0.676.